The SMILES string of the molecule is CCOC(CN1CCC(c2cccc(F)c2)CC1)c1ccc([N+](=O)[O-])cc1. The molecule has 1 aliphatic rings. The fourth-order valence-corrected chi connectivity index (χ4v) is 3.71. The maximum absolute atomic E-state index is 13.5. The van der Waals surface area contributed by atoms with Gasteiger partial charge in [0.15, 0.2) is 0 Å². The molecule has 1 heterocycles. The summed E-state index contributed by atoms with van der Waals surface area (Å²) in [5.41, 5.74) is 2.12. The van der Waals surface area contributed by atoms with E-state index in [0.29, 0.717) is 12.5 Å². The van der Waals surface area contributed by atoms with Crippen LogP contribution >= 0.6 is 0 Å². The van der Waals surface area contributed by atoms with E-state index in [9.17, 15) is 14.5 Å². The van der Waals surface area contributed by atoms with Crippen LogP contribution in [0.25, 0.3) is 0 Å². The molecule has 5 nitrogen and oxygen atoms in total. The van der Waals surface area contributed by atoms with E-state index < -0.39 is 4.92 Å². The Morgan fingerprint density at radius 2 is 1.93 bits per heavy atom. The highest BCUT2D eigenvalue weighted by atomic mass is 19.1. The second-order valence-corrected chi connectivity index (χ2v) is 6.92. The van der Waals surface area contributed by atoms with Gasteiger partial charge >= 0.3 is 0 Å². The molecule has 0 amide bonds. The van der Waals surface area contributed by atoms with E-state index in [1.807, 2.05) is 13.0 Å². The topological polar surface area (TPSA) is 55.6 Å². The minimum Gasteiger partial charge on any atom is -0.372 e. The molecule has 0 bridgehead atoms. The monoisotopic (exact) mass is 372 g/mol. The number of nitrogens with zero attached hydrogens (tertiary/aromatic N) is 2. The number of nitro groups is 1. The van der Waals surface area contributed by atoms with Gasteiger partial charge in [0, 0.05) is 25.3 Å². The number of ether oxygens (including phenoxy) is 1. The fraction of sp³-hybridized carbons (Fsp3) is 0.429. The molecule has 1 fully saturated rings. The minimum absolute atomic E-state index is 0.0879. The van der Waals surface area contributed by atoms with Crippen molar-refractivity contribution in [1.29, 1.82) is 0 Å². The van der Waals surface area contributed by atoms with Crippen molar-refractivity contribution in [2.75, 3.05) is 26.2 Å². The molecule has 0 spiro atoms. The van der Waals surface area contributed by atoms with Crippen LogP contribution in [0.4, 0.5) is 10.1 Å². The molecule has 1 unspecified atom stereocenters. The number of likely N-dealkylation sites (tertiary alicyclic amines) is 1. The van der Waals surface area contributed by atoms with Crippen molar-refractivity contribution in [2.45, 2.75) is 31.8 Å². The second-order valence-electron chi connectivity index (χ2n) is 6.92. The number of nitro benzene ring substituents is 1. The van der Waals surface area contributed by atoms with Gasteiger partial charge in [-0.05, 0) is 74.2 Å². The van der Waals surface area contributed by atoms with Crippen LogP contribution in [0.1, 0.15) is 42.9 Å². The molecular formula is C21H25FN2O3. The van der Waals surface area contributed by atoms with Crippen molar-refractivity contribution >= 4 is 5.69 Å². The predicted molar refractivity (Wildman–Crippen MR) is 102 cm³/mol. The van der Waals surface area contributed by atoms with E-state index in [1.165, 1.54) is 18.2 Å². The number of non-ortho nitro benzene ring substituents is 1. The smallest absolute Gasteiger partial charge is 0.269 e. The van der Waals surface area contributed by atoms with Gasteiger partial charge in [-0.15, -0.1) is 0 Å². The van der Waals surface area contributed by atoms with Crippen LogP contribution in [0.2, 0.25) is 0 Å². The predicted octanol–water partition coefficient (Wildman–Crippen LogP) is 4.69. The van der Waals surface area contributed by atoms with E-state index >= 15 is 0 Å². The average molecular weight is 372 g/mol. The first kappa shape index (κ1) is 19.5. The van der Waals surface area contributed by atoms with Crippen LogP contribution in [-0.2, 0) is 4.74 Å². The summed E-state index contributed by atoms with van der Waals surface area (Å²) in [6.07, 6.45) is 1.87. The second kappa shape index (κ2) is 9.06. The maximum atomic E-state index is 13.5. The molecule has 0 radical (unpaired) electrons. The van der Waals surface area contributed by atoms with Crippen molar-refractivity contribution in [2.24, 2.45) is 0 Å². The van der Waals surface area contributed by atoms with E-state index in [1.54, 1.807) is 24.3 Å². The van der Waals surface area contributed by atoms with Crippen LogP contribution in [0.5, 0.6) is 0 Å². The molecule has 2 aromatic rings. The molecule has 144 valence electrons. The Bertz CT molecular complexity index is 758. The molecule has 1 saturated heterocycles. The molecule has 1 atom stereocenters. The molecule has 0 saturated carbocycles. The van der Waals surface area contributed by atoms with Crippen LogP contribution in [0.3, 0.4) is 0 Å². The van der Waals surface area contributed by atoms with Gasteiger partial charge in [0.05, 0.1) is 11.0 Å². The molecule has 6 heteroatoms. The number of hydrogen-bond donors (Lipinski definition) is 0. The number of halogens is 1. The Kier molecular flexibility index (Phi) is 6.53. The molecule has 2 aromatic carbocycles. The lowest BCUT2D eigenvalue weighted by Gasteiger charge is -2.34. The zero-order valence-electron chi connectivity index (χ0n) is 15.5. The zero-order chi connectivity index (χ0) is 19.2. The molecule has 0 N–H and O–H groups in total. The van der Waals surface area contributed by atoms with Crippen LogP contribution in [-0.4, -0.2) is 36.1 Å². The van der Waals surface area contributed by atoms with Gasteiger partial charge < -0.3 is 9.64 Å². The Morgan fingerprint density at radius 1 is 1.22 bits per heavy atom. The maximum Gasteiger partial charge on any atom is 0.269 e. The number of piperidine rings is 1. The summed E-state index contributed by atoms with van der Waals surface area (Å²) in [7, 11) is 0. The summed E-state index contributed by atoms with van der Waals surface area (Å²) >= 11 is 0. The molecule has 1 aliphatic heterocycles. The van der Waals surface area contributed by atoms with E-state index in [-0.39, 0.29) is 17.6 Å². The van der Waals surface area contributed by atoms with Gasteiger partial charge in [-0.3, -0.25) is 10.1 Å². The molecule has 27 heavy (non-hydrogen) atoms. The standard InChI is InChI=1S/C21H25FN2O3/c1-2-27-21(17-6-8-20(9-7-17)24(25)26)15-23-12-10-16(11-13-23)18-4-3-5-19(22)14-18/h3-9,14,16,21H,2,10-13,15H2,1H3. The third-order valence-corrected chi connectivity index (χ3v) is 5.18. The minimum atomic E-state index is -0.392. The first-order valence-corrected chi connectivity index (χ1v) is 9.40. The summed E-state index contributed by atoms with van der Waals surface area (Å²) in [5.74, 6) is 0.214. The van der Waals surface area contributed by atoms with Gasteiger partial charge in [-0.1, -0.05) is 12.1 Å². The van der Waals surface area contributed by atoms with Gasteiger partial charge in [-0.2, -0.15) is 0 Å². The molecular weight excluding hydrogens is 347 g/mol. The van der Waals surface area contributed by atoms with E-state index in [4.69, 9.17) is 4.74 Å². The average Bonchev–Trinajstić information content (AvgIpc) is 2.68. The Hall–Kier alpha value is -2.31. The fourth-order valence-electron chi connectivity index (χ4n) is 3.71. The largest absolute Gasteiger partial charge is 0.372 e. The molecule has 0 aromatic heterocycles. The van der Waals surface area contributed by atoms with Gasteiger partial charge in [0.25, 0.3) is 5.69 Å². The summed E-state index contributed by atoms with van der Waals surface area (Å²) in [4.78, 5) is 12.8. The van der Waals surface area contributed by atoms with E-state index in [0.717, 1.165) is 43.6 Å². The lowest BCUT2D eigenvalue weighted by molar-refractivity contribution is -0.384. The zero-order valence-corrected chi connectivity index (χ0v) is 15.5. The number of hydrogen-bond acceptors (Lipinski definition) is 4. The van der Waals surface area contributed by atoms with Gasteiger partial charge in [0.2, 0.25) is 0 Å². The van der Waals surface area contributed by atoms with Gasteiger partial charge in [-0.25, -0.2) is 4.39 Å². The first-order valence-electron chi connectivity index (χ1n) is 9.40. The molecule has 0 aliphatic carbocycles. The number of rotatable bonds is 7. The highest BCUT2D eigenvalue weighted by molar-refractivity contribution is 5.34. The van der Waals surface area contributed by atoms with Gasteiger partial charge in [0.1, 0.15) is 5.82 Å². The lowest BCUT2D eigenvalue weighted by atomic mass is 9.89. The Labute approximate surface area is 158 Å². The first-order chi connectivity index (χ1) is 13.1. The van der Waals surface area contributed by atoms with Crippen molar-refractivity contribution in [1.82, 2.24) is 4.90 Å². The van der Waals surface area contributed by atoms with Crippen LogP contribution in [0, 0.1) is 15.9 Å². The van der Waals surface area contributed by atoms with Crippen molar-refractivity contribution in [3.63, 3.8) is 0 Å². The van der Waals surface area contributed by atoms with Crippen molar-refractivity contribution < 1.29 is 14.1 Å². The summed E-state index contributed by atoms with van der Waals surface area (Å²) in [6, 6.07) is 13.5. The highest BCUT2D eigenvalue weighted by Crippen LogP contribution is 2.30. The third-order valence-electron chi connectivity index (χ3n) is 5.18. The molecule has 3 rings (SSSR count). The summed E-state index contributed by atoms with van der Waals surface area (Å²) in [5, 5.41) is 10.8. The summed E-state index contributed by atoms with van der Waals surface area (Å²) in [6.45, 7) is 5.15. The number of benzene rings is 2. The van der Waals surface area contributed by atoms with E-state index in [2.05, 4.69) is 4.90 Å². The van der Waals surface area contributed by atoms with Crippen LogP contribution in [0.15, 0.2) is 48.5 Å². The lowest BCUT2D eigenvalue weighted by Crippen LogP contribution is -2.36. The summed E-state index contributed by atoms with van der Waals surface area (Å²) < 4.78 is 19.3. The normalized spacial score (nSPS) is 17.0. The highest BCUT2D eigenvalue weighted by Gasteiger charge is 2.24. The Balaban J connectivity index is 1.60. The quantitative estimate of drug-likeness (QED) is 0.523. The Morgan fingerprint density at radius 3 is 2.52 bits per heavy atom. The van der Waals surface area contributed by atoms with Crippen LogP contribution < -0.4 is 0 Å². The third kappa shape index (κ3) is 5.11. The van der Waals surface area contributed by atoms with Crippen molar-refractivity contribution in [3.05, 3.63) is 75.6 Å². The van der Waals surface area contributed by atoms with Crippen molar-refractivity contribution in [3.8, 4) is 0 Å².